The molecule has 0 aliphatic carbocycles. The van der Waals surface area contributed by atoms with Crippen LogP contribution in [0.15, 0.2) is 91.1 Å². The highest BCUT2D eigenvalue weighted by molar-refractivity contribution is 5.86. The molecule has 0 spiro atoms. The summed E-state index contributed by atoms with van der Waals surface area (Å²) in [5.41, 5.74) is 4.49. The molecule has 3 aromatic carbocycles. The number of hydrogen-bond acceptors (Lipinski definition) is 1. The van der Waals surface area contributed by atoms with Crippen LogP contribution in [0.1, 0.15) is 31.4 Å². The number of hydrogen-bond donors (Lipinski definition) is 0. The van der Waals surface area contributed by atoms with Crippen molar-refractivity contribution in [2.75, 3.05) is 0 Å². The van der Waals surface area contributed by atoms with Crippen molar-refractivity contribution in [3.63, 3.8) is 0 Å². The van der Waals surface area contributed by atoms with Crippen LogP contribution >= 0.6 is 0 Å². The molecule has 1 amide bonds. The first kappa shape index (κ1) is 19.2. The number of nitrogens with zero attached hydrogens (tertiary/aromatic N) is 1. The maximum Gasteiger partial charge on any atom is 0.232 e. The summed E-state index contributed by atoms with van der Waals surface area (Å²) >= 11 is 0. The predicted octanol–water partition coefficient (Wildman–Crippen LogP) is 6.19. The Hall–Kier alpha value is -3.13. The van der Waals surface area contributed by atoms with Gasteiger partial charge in [-0.15, -0.1) is 0 Å². The number of carbonyl (C=O) groups is 1. The first-order valence-corrected chi connectivity index (χ1v) is 10.2. The molecule has 1 heterocycles. The summed E-state index contributed by atoms with van der Waals surface area (Å²) in [4.78, 5) is 14.9. The molecule has 2 nitrogen and oxygen atoms in total. The van der Waals surface area contributed by atoms with Gasteiger partial charge in [-0.2, -0.15) is 0 Å². The van der Waals surface area contributed by atoms with E-state index in [1.54, 1.807) is 0 Å². The fourth-order valence-corrected chi connectivity index (χ4v) is 4.12. The molecule has 0 bridgehead atoms. The van der Waals surface area contributed by atoms with Crippen molar-refractivity contribution in [2.45, 2.75) is 32.7 Å². The van der Waals surface area contributed by atoms with Crippen LogP contribution in [0.2, 0.25) is 0 Å². The van der Waals surface area contributed by atoms with Crippen molar-refractivity contribution in [1.29, 1.82) is 0 Å². The van der Waals surface area contributed by atoms with Gasteiger partial charge in [0, 0.05) is 17.7 Å². The Morgan fingerprint density at radius 2 is 1.45 bits per heavy atom. The van der Waals surface area contributed by atoms with E-state index >= 15 is 0 Å². The van der Waals surface area contributed by atoms with E-state index in [-0.39, 0.29) is 17.4 Å². The van der Waals surface area contributed by atoms with Crippen LogP contribution in [-0.4, -0.2) is 16.8 Å². The van der Waals surface area contributed by atoms with E-state index in [9.17, 15) is 4.79 Å². The van der Waals surface area contributed by atoms with Crippen molar-refractivity contribution >= 4 is 12.0 Å². The first-order chi connectivity index (χ1) is 14.0. The van der Waals surface area contributed by atoms with Gasteiger partial charge in [0.1, 0.15) is 0 Å². The molecule has 146 valence electrons. The fraction of sp³-hybridized carbons (Fsp3) is 0.222. The van der Waals surface area contributed by atoms with E-state index in [4.69, 9.17) is 0 Å². The van der Waals surface area contributed by atoms with Crippen molar-refractivity contribution in [1.82, 2.24) is 4.90 Å². The standard InChI is InChI=1S/C27H27NO/c1-27(2)20-25(28(26(27)29)18-17-21-9-5-3-6-10-21)19-22-13-15-24(16-14-22)23-11-7-4-8-12-23/h3-18,25H,19-20H2,1-2H3. The molecule has 1 atom stereocenters. The second kappa shape index (κ2) is 8.08. The molecule has 0 aromatic heterocycles. The Morgan fingerprint density at radius 1 is 0.862 bits per heavy atom. The Balaban J connectivity index is 1.52. The quantitative estimate of drug-likeness (QED) is 0.516. The molecule has 1 fully saturated rings. The van der Waals surface area contributed by atoms with Gasteiger partial charge in [0.15, 0.2) is 0 Å². The van der Waals surface area contributed by atoms with Crippen LogP contribution in [0.3, 0.4) is 0 Å². The molecule has 29 heavy (non-hydrogen) atoms. The van der Waals surface area contributed by atoms with Crippen molar-refractivity contribution < 1.29 is 4.79 Å². The third-order valence-electron chi connectivity index (χ3n) is 5.71. The van der Waals surface area contributed by atoms with E-state index < -0.39 is 0 Å². The minimum atomic E-state index is -0.324. The zero-order valence-electron chi connectivity index (χ0n) is 17.1. The van der Waals surface area contributed by atoms with Gasteiger partial charge in [0.2, 0.25) is 5.91 Å². The van der Waals surface area contributed by atoms with Crippen LogP contribution in [-0.2, 0) is 11.2 Å². The maximum atomic E-state index is 13.0. The lowest BCUT2D eigenvalue weighted by molar-refractivity contribution is -0.132. The molecule has 1 unspecified atom stereocenters. The molecule has 4 rings (SSSR count). The number of benzene rings is 3. The fourth-order valence-electron chi connectivity index (χ4n) is 4.12. The molecular formula is C27H27NO. The number of likely N-dealkylation sites (tertiary alicyclic amines) is 1. The van der Waals surface area contributed by atoms with Crippen molar-refractivity contribution in [3.05, 3.63) is 102 Å². The molecular weight excluding hydrogens is 354 g/mol. The first-order valence-electron chi connectivity index (χ1n) is 10.2. The minimum absolute atomic E-state index is 0.181. The van der Waals surface area contributed by atoms with Gasteiger partial charge in [0.25, 0.3) is 0 Å². The van der Waals surface area contributed by atoms with Crippen molar-refractivity contribution in [3.8, 4) is 11.1 Å². The van der Waals surface area contributed by atoms with Crippen LogP contribution in [0.4, 0.5) is 0 Å². The van der Waals surface area contributed by atoms with Crippen LogP contribution < -0.4 is 0 Å². The van der Waals surface area contributed by atoms with Gasteiger partial charge in [-0.05, 0) is 41.2 Å². The van der Waals surface area contributed by atoms with Gasteiger partial charge in [-0.1, -0.05) is 98.8 Å². The highest BCUT2D eigenvalue weighted by Gasteiger charge is 2.44. The monoisotopic (exact) mass is 381 g/mol. The lowest BCUT2D eigenvalue weighted by atomic mass is 9.88. The van der Waals surface area contributed by atoms with Gasteiger partial charge >= 0.3 is 0 Å². The average molecular weight is 382 g/mol. The predicted molar refractivity (Wildman–Crippen MR) is 120 cm³/mol. The van der Waals surface area contributed by atoms with Gasteiger partial charge < -0.3 is 4.90 Å². The van der Waals surface area contributed by atoms with Crippen LogP contribution in [0, 0.1) is 5.41 Å². The van der Waals surface area contributed by atoms with E-state index in [2.05, 4.69) is 74.5 Å². The van der Waals surface area contributed by atoms with Gasteiger partial charge in [0.05, 0.1) is 0 Å². The number of carbonyl (C=O) groups excluding carboxylic acids is 1. The molecule has 1 aliphatic heterocycles. The molecule has 0 saturated carbocycles. The van der Waals surface area contributed by atoms with Crippen LogP contribution in [0.25, 0.3) is 17.2 Å². The van der Waals surface area contributed by atoms with E-state index in [1.165, 1.54) is 16.7 Å². The molecule has 2 heteroatoms. The SMILES string of the molecule is CC1(C)CC(Cc2ccc(-c3ccccc3)cc2)N(C=Cc2ccccc2)C1=O. The normalized spacial score (nSPS) is 18.5. The highest BCUT2D eigenvalue weighted by Crippen LogP contribution is 2.37. The summed E-state index contributed by atoms with van der Waals surface area (Å²) in [5.74, 6) is 0.204. The Kier molecular flexibility index (Phi) is 5.35. The second-order valence-electron chi connectivity index (χ2n) is 8.45. The largest absolute Gasteiger partial charge is 0.315 e. The summed E-state index contributed by atoms with van der Waals surface area (Å²) < 4.78 is 0. The van der Waals surface area contributed by atoms with Crippen LogP contribution in [0.5, 0.6) is 0 Å². The molecule has 0 radical (unpaired) electrons. The van der Waals surface area contributed by atoms with Crippen molar-refractivity contribution in [2.24, 2.45) is 5.41 Å². The number of amides is 1. The summed E-state index contributed by atoms with van der Waals surface area (Å²) in [6.07, 6.45) is 5.73. The Labute approximate surface area is 173 Å². The third kappa shape index (κ3) is 4.32. The molecule has 3 aromatic rings. The van der Waals surface area contributed by atoms with E-state index in [1.807, 2.05) is 41.4 Å². The zero-order valence-corrected chi connectivity index (χ0v) is 17.1. The Bertz CT molecular complexity index is 988. The molecule has 1 aliphatic rings. The third-order valence-corrected chi connectivity index (χ3v) is 5.71. The summed E-state index contributed by atoms with van der Waals surface area (Å²) in [5, 5.41) is 0. The number of rotatable bonds is 5. The summed E-state index contributed by atoms with van der Waals surface area (Å²) in [7, 11) is 0. The molecule has 1 saturated heterocycles. The Morgan fingerprint density at radius 3 is 2.10 bits per heavy atom. The smallest absolute Gasteiger partial charge is 0.232 e. The van der Waals surface area contributed by atoms with Gasteiger partial charge in [-0.25, -0.2) is 0 Å². The molecule has 0 N–H and O–H groups in total. The summed E-state index contributed by atoms with van der Waals surface area (Å²) in [6.45, 7) is 4.11. The lowest BCUT2D eigenvalue weighted by Gasteiger charge is -2.21. The maximum absolute atomic E-state index is 13.0. The van der Waals surface area contributed by atoms with Gasteiger partial charge in [-0.3, -0.25) is 4.79 Å². The minimum Gasteiger partial charge on any atom is -0.315 e. The topological polar surface area (TPSA) is 20.3 Å². The second-order valence-corrected chi connectivity index (χ2v) is 8.45. The highest BCUT2D eigenvalue weighted by atomic mass is 16.2. The zero-order chi connectivity index (χ0) is 20.3. The van der Waals surface area contributed by atoms with E-state index in [0.29, 0.717) is 0 Å². The summed E-state index contributed by atoms with van der Waals surface area (Å²) in [6, 6.07) is 29.5. The van der Waals surface area contributed by atoms with E-state index in [0.717, 1.165) is 18.4 Å². The average Bonchev–Trinajstić information content (AvgIpc) is 2.96. The lowest BCUT2D eigenvalue weighted by Crippen LogP contribution is -2.31.